The van der Waals surface area contributed by atoms with Gasteiger partial charge in [-0.05, 0) is 46.5 Å². The Hall–Kier alpha value is -2.81. The van der Waals surface area contributed by atoms with E-state index < -0.39 is 0 Å². The first-order valence-electron chi connectivity index (χ1n) is 12.3. The summed E-state index contributed by atoms with van der Waals surface area (Å²) in [6.07, 6.45) is 2.38. The highest BCUT2D eigenvalue weighted by atomic mass is 16.5. The molecule has 0 bridgehead atoms. The summed E-state index contributed by atoms with van der Waals surface area (Å²) in [6.45, 7) is 6.53. The Labute approximate surface area is 202 Å². The Morgan fingerprint density at radius 1 is 1.00 bits per heavy atom. The molecule has 0 amide bonds. The van der Waals surface area contributed by atoms with Crippen LogP contribution in [-0.2, 0) is 17.8 Å². The molecule has 2 unspecified atom stereocenters. The molecule has 0 aliphatic carbocycles. The topological polar surface area (TPSA) is 62.6 Å². The van der Waals surface area contributed by atoms with Gasteiger partial charge in [-0.2, -0.15) is 0 Å². The van der Waals surface area contributed by atoms with Gasteiger partial charge in [0.1, 0.15) is 0 Å². The lowest BCUT2D eigenvalue weighted by Gasteiger charge is -2.39. The van der Waals surface area contributed by atoms with Crippen LogP contribution >= 0.6 is 0 Å². The summed E-state index contributed by atoms with van der Waals surface area (Å²) >= 11 is 0. The zero-order valence-electron chi connectivity index (χ0n) is 20.3. The van der Waals surface area contributed by atoms with E-state index in [0.29, 0.717) is 6.54 Å². The Kier molecular flexibility index (Phi) is 7.18. The van der Waals surface area contributed by atoms with E-state index in [1.807, 2.05) is 4.68 Å². The summed E-state index contributed by atoms with van der Waals surface area (Å²) in [5.41, 5.74) is 3.78. The number of piperazine rings is 1. The van der Waals surface area contributed by atoms with Crippen LogP contribution in [0.15, 0.2) is 54.6 Å². The molecule has 0 spiro atoms. The third-order valence-corrected chi connectivity index (χ3v) is 6.95. The molecular formula is C26H35N7O. The molecule has 2 aromatic carbocycles. The number of ether oxygens (including phenoxy) is 1. The zero-order valence-corrected chi connectivity index (χ0v) is 20.3. The van der Waals surface area contributed by atoms with Crippen LogP contribution < -0.4 is 4.90 Å². The lowest BCUT2D eigenvalue weighted by atomic mass is 10.0. The highest BCUT2D eigenvalue weighted by Crippen LogP contribution is 2.30. The number of aromatic nitrogens is 4. The molecule has 3 heterocycles. The maximum Gasteiger partial charge on any atom is 0.173 e. The van der Waals surface area contributed by atoms with Crippen molar-refractivity contribution in [2.24, 2.45) is 0 Å². The Morgan fingerprint density at radius 3 is 2.44 bits per heavy atom. The van der Waals surface area contributed by atoms with Crippen LogP contribution in [0, 0.1) is 0 Å². The van der Waals surface area contributed by atoms with Crippen LogP contribution in [0.3, 0.4) is 0 Å². The van der Waals surface area contributed by atoms with Gasteiger partial charge in [0.25, 0.3) is 0 Å². The molecule has 2 aliphatic heterocycles. The number of benzene rings is 2. The smallest absolute Gasteiger partial charge is 0.173 e. The second-order valence-electron chi connectivity index (χ2n) is 9.54. The third-order valence-electron chi connectivity index (χ3n) is 6.95. The van der Waals surface area contributed by atoms with Gasteiger partial charge in [0.15, 0.2) is 5.82 Å². The lowest BCUT2D eigenvalue weighted by molar-refractivity contribution is 0.0842. The van der Waals surface area contributed by atoms with Crippen molar-refractivity contribution in [1.29, 1.82) is 0 Å². The average molecular weight is 462 g/mol. The lowest BCUT2D eigenvalue weighted by Crippen LogP contribution is -2.48. The van der Waals surface area contributed by atoms with E-state index in [2.05, 4.69) is 98.9 Å². The minimum absolute atomic E-state index is 0.0199. The van der Waals surface area contributed by atoms with Gasteiger partial charge in [-0.15, -0.1) is 5.10 Å². The van der Waals surface area contributed by atoms with Gasteiger partial charge in [-0.1, -0.05) is 42.5 Å². The van der Waals surface area contributed by atoms with Gasteiger partial charge < -0.3 is 9.64 Å². The first-order chi connectivity index (χ1) is 16.7. The molecule has 3 aromatic rings. The van der Waals surface area contributed by atoms with E-state index in [-0.39, 0.29) is 12.1 Å². The number of hydrogen-bond donors (Lipinski definition) is 0. The molecule has 8 nitrogen and oxygen atoms in total. The predicted molar refractivity (Wildman–Crippen MR) is 133 cm³/mol. The fourth-order valence-electron chi connectivity index (χ4n) is 5.02. The van der Waals surface area contributed by atoms with E-state index >= 15 is 0 Å². The summed E-state index contributed by atoms with van der Waals surface area (Å²) in [7, 11) is 4.14. The molecule has 1 aromatic heterocycles. The molecule has 0 saturated carbocycles. The minimum atomic E-state index is 0.0199. The number of nitrogens with zero attached hydrogens (tertiary/aromatic N) is 7. The molecule has 2 fully saturated rings. The highest BCUT2D eigenvalue weighted by Gasteiger charge is 2.31. The van der Waals surface area contributed by atoms with Crippen LogP contribution in [-0.4, -0.2) is 83.0 Å². The normalized spacial score (nSPS) is 20.5. The zero-order chi connectivity index (χ0) is 23.3. The minimum Gasteiger partial charge on any atom is -0.378 e. The van der Waals surface area contributed by atoms with Crippen LogP contribution in [0.4, 0.5) is 5.69 Å². The summed E-state index contributed by atoms with van der Waals surface area (Å²) in [5, 5.41) is 13.0. The van der Waals surface area contributed by atoms with E-state index in [9.17, 15) is 0 Å². The number of hydrogen-bond acceptors (Lipinski definition) is 7. The fourth-order valence-corrected chi connectivity index (χ4v) is 5.02. The van der Waals surface area contributed by atoms with Crippen molar-refractivity contribution >= 4 is 5.69 Å². The summed E-state index contributed by atoms with van der Waals surface area (Å²) in [6, 6.07) is 19.6. The molecular weight excluding hydrogens is 426 g/mol. The third kappa shape index (κ3) is 5.29. The summed E-state index contributed by atoms with van der Waals surface area (Å²) in [4.78, 5) is 7.19. The molecule has 2 saturated heterocycles. The maximum atomic E-state index is 5.88. The largest absolute Gasteiger partial charge is 0.378 e. The molecule has 180 valence electrons. The molecule has 0 N–H and O–H groups in total. The molecule has 2 atom stereocenters. The Balaban J connectivity index is 1.36. The van der Waals surface area contributed by atoms with E-state index in [0.717, 1.165) is 58.0 Å². The van der Waals surface area contributed by atoms with Gasteiger partial charge in [0, 0.05) is 59.1 Å². The standard InChI is InChI=1S/C26H35N7O/c1-30(2)23-12-10-22(11-13-23)25(26-27-28-29-33(26)20-24-9-6-18-34-24)32-16-14-31(15-17-32)19-21-7-4-3-5-8-21/h3-5,7-8,10-13,24-25H,6,9,14-20H2,1-2H3. The van der Waals surface area contributed by atoms with Crippen molar-refractivity contribution in [3.8, 4) is 0 Å². The SMILES string of the molecule is CN(C)c1ccc(C(c2nnnn2CC2CCCO2)N2CCN(Cc3ccccc3)CC2)cc1. The van der Waals surface area contributed by atoms with Gasteiger partial charge >= 0.3 is 0 Å². The van der Waals surface area contributed by atoms with Crippen molar-refractivity contribution in [1.82, 2.24) is 30.0 Å². The first kappa shape index (κ1) is 23.0. The molecule has 8 heteroatoms. The predicted octanol–water partition coefficient (Wildman–Crippen LogP) is 2.83. The monoisotopic (exact) mass is 461 g/mol. The number of anilines is 1. The van der Waals surface area contributed by atoms with Gasteiger partial charge in [-0.25, -0.2) is 4.68 Å². The number of rotatable bonds is 8. The van der Waals surface area contributed by atoms with Crippen LogP contribution in [0.1, 0.15) is 35.8 Å². The average Bonchev–Trinajstić information content (AvgIpc) is 3.54. The van der Waals surface area contributed by atoms with E-state index in [1.54, 1.807) is 0 Å². The summed E-state index contributed by atoms with van der Waals surface area (Å²) in [5.74, 6) is 0.907. The first-order valence-corrected chi connectivity index (χ1v) is 12.3. The fraction of sp³-hybridized carbons (Fsp3) is 0.500. The molecule has 5 rings (SSSR count). The highest BCUT2D eigenvalue weighted by molar-refractivity contribution is 5.47. The second-order valence-corrected chi connectivity index (χ2v) is 9.54. The molecule has 0 radical (unpaired) electrons. The van der Waals surface area contributed by atoms with Gasteiger partial charge in [0.2, 0.25) is 0 Å². The molecule has 34 heavy (non-hydrogen) atoms. The number of tetrazole rings is 1. The van der Waals surface area contributed by atoms with Crippen LogP contribution in [0.5, 0.6) is 0 Å². The van der Waals surface area contributed by atoms with Crippen molar-refractivity contribution in [2.75, 3.05) is 51.8 Å². The second kappa shape index (κ2) is 10.6. The van der Waals surface area contributed by atoms with Crippen molar-refractivity contribution < 1.29 is 4.74 Å². The Bertz CT molecular complexity index is 1020. The van der Waals surface area contributed by atoms with Gasteiger partial charge in [0.05, 0.1) is 18.7 Å². The van der Waals surface area contributed by atoms with Crippen molar-refractivity contribution in [3.63, 3.8) is 0 Å². The Morgan fingerprint density at radius 2 is 1.76 bits per heavy atom. The van der Waals surface area contributed by atoms with E-state index in [4.69, 9.17) is 4.74 Å². The quantitative estimate of drug-likeness (QED) is 0.511. The van der Waals surface area contributed by atoms with Crippen LogP contribution in [0.25, 0.3) is 0 Å². The summed E-state index contributed by atoms with van der Waals surface area (Å²) < 4.78 is 7.85. The van der Waals surface area contributed by atoms with Crippen molar-refractivity contribution in [2.45, 2.75) is 38.1 Å². The maximum absolute atomic E-state index is 5.88. The van der Waals surface area contributed by atoms with Crippen molar-refractivity contribution in [3.05, 3.63) is 71.5 Å². The molecule has 2 aliphatic rings. The van der Waals surface area contributed by atoms with Crippen LogP contribution in [0.2, 0.25) is 0 Å². The van der Waals surface area contributed by atoms with E-state index in [1.165, 1.54) is 16.8 Å². The van der Waals surface area contributed by atoms with Gasteiger partial charge in [-0.3, -0.25) is 9.80 Å².